The Hall–Kier alpha value is -0.770. The van der Waals surface area contributed by atoms with Crippen LogP contribution in [0, 0.1) is 0 Å². The first-order chi connectivity index (χ1) is 8.79. The zero-order valence-electron chi connectivity index (χ0n) is 10.8. The lowest BCUT2D eigenvalue weighted by molar-refractivity contribution is 0.407. The van der Waals surface area contributed by atoms with Crippen molar-refractivity contribution in [2.24, 2.45) is 0 Å². The number of hydrogen-bond acceptors (Lipinski definition) is 3. The Morgan fingerprint density at radius 1 is 1.50 bits per heavy atom. The van der Waals surface area contributed by atoms with Gasteiger partial charge in [0.2, 0.25) is 0 Å². The molecule has 1 heterocycles. The molecule has 1 atom stereocenters. The fraction of sp³-hybridized carbons (Fsp3) is 0.571. The summed E-state index contributed by atoms with van der Waals surface area (Å²) in [4.78, 5) is 0. The molecule has 1 saturated heterocycles. The third-order valence-electron chi connectivity index (χ3n) is 3.39. The Balaban J connectivity index is 1.76. The monoisotopic (exact) mass is 268 g/mol. The number of halogens is 1. The van der Waals surface area contributed by atoms with Gasteiger partial charge in [0.25, 0.3) is 0 Å². The van der Waals surface area contributed by atoms with E-state index < -0.39 is 0 Å². The first-order valence-corrected chi connectivity index (χ1v) is 6.94. The molecule has 1 aliphatic rings. The Morgan fingerprint density at radius 2 is 2.39 bits per heavy atom. The summed E-state index contributed by atoms with van der Waals surface area (Å²) in [6.07, 6.45) is 3.80. The summed E-state index contributed by atoms with van der Waals surface area (Å²) in [6, 6.07) is 6.42. The molecule has 18 heavy (non-hydrogen) atoms. The van der Waals surface area contributed by atoms with Crippen molar-refractivity contribution in [1.82, 2.24) is 10.6 Å². The summed E-state index contributed by atoms with van der Waals surface area (Å²) in [5.74, 6) is 0.894. The molecule has 0 bridgehead atoms. The van der Waals surface area contributed by atoms with E-state index in [0.29, 0.717) is 6.04 Å². The van der Waals surface area contributed by atoms with Crippen molar-refractivity contribution < 1.29 is 4.74 Å². The van der Waals surface area contributed by atoms with Gasteiger partial charge in [-0.05, 0) is 50.6 Å². The summed E-state index contributed by atoms with van der Waals surface area (Å²) in [5.41, 5.74) is 1.12. The minimum Gasteiger partial charge on any atom is -0.496 e. The lowest BCUT2D eigenvalue weighted by Gasteiger charge is -2.12. The first kappa shape index (κ1) is 13.7. The molecule has 0 saturated carbocycles. The van der Waals surface area contributed by atoms with Crippen LogP contribution in [-0.4, -0.2) is 26.2 Å². The Labute approximate surface area is 114 Å². The first-order valence-electron chi connectivity index (χ1n) is 6.56. The predicted octanol–water partition coefficient (Wildman–Crippen LogP) is 2.58. The Bertz CT molecular complexity index is 378. The van der Waals surface area contributed by atoms with Crippen molar-refractivity contribution in [3.8, 4) is 5.75 Å². The summed E-state index contributed by atoms with van der Waals surface area (Å²) in [6.45, 7) is 3.00. The highest BCUT2D eigenvalue weighted by Gasteiger charge is 2.12. The third-order valence-corrected chi connectivity index (χ3v) is 3.62. The number of benzene rings is 1. The topological polar surface area (TPSA) is 33.3 Å². The van der Waals surface area contributed by atoms with Crippen LogP contribution in [0.4, 0.5) is 0 Å². The summed E-state index contributed by atoms with van der Waals surface area (Å²) < 4.78 is 5.32. The minimum atomic E-state index is 0.693. The van der Waals surface area contributed by atoms with Gasteiger partial charge >= 0.3 is 0 Å². The zero-order valence-corrected chi connectivity index (χ0v) is 11.6. The van der Waals surface area contributed by atoms with E-state index >= 15 is 0 Å². The number of ether oxygens (including phenoxy) is 1. The van der Waals surface area contributed by atoms with Crippen molar-refractivity contribution in [2.75, 3.05) is 20.2 Å². The molecule has 1 fully saturated rings. The van der Waals surface area contributed by atoms with Crippen molar-refractivity contribution >= 4 is 11.6 Å². The second kappa shape index (κ2) is 6.98. The molecule has 0 spiro atoms. The standard InChI is InChI=1S/C14H21ClN2O/c1-18-14-5-4-12(15)9-11(14)10-16-8-6-13-3-2-7-17-13/h4-5,9,13,16-17H,2-3,6-8,10H2,1H3. The molecule has 100 valence electrons. The van der Waals surface area contributed by atoms with Gasteiger partial charge in [-0.15, -0.1) is 0 Å². The van der Waals surface area contributed by atoms with Crippen molar-refractivity contribution in [3.05, 3.63) is 28.8 Å². The molecule has 0 aliphatic carbocycles. The number of rotatable bonds is 6. The van der Waals surface area contributed by atoms with Gasteiger partial charge in [0.1, 0.15) is 5.75 Å². The highest BCUT2D eigenvalue weighted by Crippen LogP contribution is 2.22. The van der Waals surface area contributed by atoms with E-state index in [1.165, 1.54) is 25.8 Å². The largest absolute Gasteiger partial charge is 0.496 e. The summed E-state index contributed by atoms with van der Waals surface area (Å²) in [7, 11) is 1.69. The van der Waals surface area contributed by atoms with Crippen LogP contribution in [-0.2, 0) is 6.54 Å². The molecule has 0 aromatic heterocycles. The second-order valence-corrected chi connectivity index (χ2v) is 5.15. The van der Waals surface area contributed by atoms with Crippen molar-refractivity contribution in [3.63, 3.8) is 0 Å². The van der Waals surface area contributed by atoms with Crippen LogP contribution in [0.3, 0.4) is 0 Å². The second-order valence-electron chi connectivity index (χ2n) is 4.71. The lowest BCUT2D eigenvalue weighted by Crippen LogP contribution is -2.26. The van der Waals surface area contributed by atoms with E-state index in [1.54, 1.807) is 7.11 Å². The predicted molar refractivity (Wildman–Crippen MR) is 75.4 cm³/mol. The SMILES string of the molecule is COc1ccc(Cl)cc1CNCCC1CCCN1. The molecule has 0 amide bonds. The molecule has 1 unspecified atom stereocenters. The number of nitrogens with one attached hydrogen (secondary N) is 2. The maximum Gasteiger partial charge on any atom is 0.123 e. The van der Waals surface area contributed by atoms with Gasteiger partial charge in [0, 0.05) is 23.2 Å². The van der Waals surface area contributed by atoms with E-state index in [1.807, 2.05) is 18.2 Å². The van der Waals surface area contributed by atoms with Crippen LogP contribution < -0.4 is 15.4 Å². The average Bonchev–Trinajstić information content (AvgIpc) is 2.88. The van der Waals surface area contributed by atoms with Crippen LogP contribution in [0.25, 0.3) is 0 Å². The molecular formula is C14H21ClN2O. The van der Waals surface area contributed by atoms with Gasteiger partial charge in [-0.2, -0.15) is 0 Å². The molecule has 1 aromatic carbocycles. The molecule has 3 nitrogen and oxygen atoms in total. The zero-order chi connectivity index (χ0) is 12.8. The van der Waals surface area contributed by atoms with E-state index in [4.69, 9.17) is 16.3 Å². The van der Waals surface area contributed by atoms with Gasteiger partial charge < -0.3 is 15.4 Å². The van der Waals surface area contributed by atoms with Gasteiger partial charge in [-0.25, -0.2) is 0 Å². The molecule has 0 radical (unpaired) electrons. The van der Waals surface area contributed by atoms with Crippen LogP contribution in [0.2, 0.25) is 5.02 Å². The van der Waals surface area contributed by atoms with E-state index in [2.05, 4.69) is 10.6 Å². The summed E-state index contributed by atoms with van der Waals surface area (Å²) >= 11 is 6.00. The van der Waals surface area contributed by atoms with Crippen LogP contribution in [0.1, 0.15) is 24.8 Å². The average molecular weight is 269 g/mol. The van der Waals surface area contributed by atoms with Crippen molar-refractivity contribution in [2.45, 2.75) is 31.8 Å². The van der Waals surface area contributed by atoms with E-state index in [0.717, 1.165) is 29.4 Å². The normalized spacial score (nSPS) is 19.1. The quantitative estimate of drug-likeness (QED) is 0.778. The van der Waals surface area contributed by atoms with Crippen LogP contribution >= 0.6 is 11.6 Å². The number of methoxy groups -OCH3 is 1. The molecule has 1 aromatic rings. The fourth-order valence-electron chi connectivity index (χ4n) is 2.39. The van der Waals surface area contributed by atoms with Gasteiger partial charge in [-0.1, -0.05) is 11.6 Å². The van der Waals surface area contributed by atoms with Gasteiger partial charge in [-0.3, -0.25) is 0 Å². The van der Waals surface area contributed by atoms with Crippen molar-refractivity contribution in [1.29, 1.82) is 0 Å². The molecule has 4 heteroatoms. The highest BCUT2D eigenvalue weighted by molar-refractivity contribution is 6.30. The number of hydrogen-bond donors (Lipinski definition) is 2. The molecular weight excluding hydrogens is 248 g/mol. The third kappa shape index (κ3) is 3.87. The summed E-state index contributed by atoms with van der Waals surface area (Å²) in [5, 5.41) is 7.71. The van der Waals surface area contributed by atoms with E-state index in [9.17, 15) is 0 Å². The fourth-order valence-corrected chi connectivity index (χ4v) is 2.58. The Morgan fingerprint density at radius 3 is 3.11 bits per heavy atom. The Kier molecular flexibility index (Phi) is 5.29. The highest BCUT2D eigenvalue weighted by atomic mass is 35.5. The molecule has 2 rings (SSSR count). The maximum atomic E-state index is 6.00. The van der Waals surface area contributed by atoms with Gasteiger partial charge in [0.15, 0.2) is 0 Å². The van der Waals surface area contributed by atoms with Crippen LogP contribution in [0.5, 0.6) is 5.75 Å². The lowest BCUT2D eigenvalue weighted by atomic mass is 10.1. The van der Waals surface area contributed by atoms with Crippen LogP contribution in [0.15, 0.2) is 18.2 Å². The van der Waals surface area contributed by atoms with Gasteiger partial charge in [0.05, 0.1) is 7.11 Å². The van der Waals surface area contributed by atoms with E-state index in [-0.39, 0.29) is 0 Å². The molecule has 1 aliphatic heterocycles. The minimum absolute atomic E-state index is 0.693. The molecule has 2 N–H and O–H groups in total. The maximum absolute atomic E-state index is 6.00. The smallest absolute Gasteiger partial charge is 0.123 e.